The second-order valence-electron chi connectivity index (χ2n) is 15.6. The molecule has 0 radical (unpaired) electrons. The van der Waals surface area contributed by atoms with Crippen LogP contribution >= 0.6 is 0 Å². The van der Waals surface area contributed by atoms with E-state index >= 15 is 0 Å². The van der Waals surface area contributed by atoms with E-state index in [1.807, 2.05) is 18.2 Å². The molecule has 1 aliphatic heterocycles. The Morgan fingerprint density at radius 1 is 0.424 bits per heavy atom. The highest BCUT2D eigenvalue weighted by atomic mass is 16.3. The lowest BCUT2D eigenvalue weighted by atomic mass is 9.91. The summed E-state index contributed by atoms with van der Waals surface area (Å²) >= 11 is 0. The van der Waals surface area contributed by atoms with E-state index in [-0.39, 0.29) is 0 Å². The first-order valence-electron chi connectivity index (χ1n) is 20.2. The van der Waals surface area contributed by atoms with Gasteiger partial charge in [-0.2, -0.15) is 0 Å². The molecule has 12 aromatic rings. The van der Waals surface area contributed by atoms with Crippen molar-refractivity contribution in [2.75, 3.05) is 0 Å². The molecule has 9 aromatic carbocycles. The summed E-state index contributed by atoms with van der Waals surface area (Å²) in [5.74, 6) is 0.671. The van der Waals surface area contributed by atoms with Crippen LogP contribution in [0.25, 0.3) is 116 Å². The van der Waals surface area contributed by atoms with Gasteiger partial charge in [0.1, 0.15) is 11.2 Å². The average Bonchev–Trinajstić information content (AvgIpc) is 3.85. The van der Waals surface area contributed by atoms with Crippen LogP contribution in [-0.2, 0) is 6.42 Å². The Morgan fingerprint density at radius 3 is 1.97 bits per heavy atom. The van der Waals surface area contributed by atoms with Gasteiger partial charge < -0.3 is 8.98 Å². The van der Waals surface area contributed by atoms with Crippen molar-refractivity contribution in [2.24, 2.45) is 0 Å². The Bertz CT molecular complexity index is 3690. The summed E-state index contributed by atoms with van der Waals surface area (Å²) in [4.78, 5) is 11.3. The van der Waals surface area contributed by atoms with Gasteiger partial charge in [-0.3, -0.25) is 0 Å². The van der Waals surface area contributed by atoms with Crippen LogP contribution in [0.4, 0.5) is 0 Å². The Hall–Kier alpha value is -7.82. The fraction of sp³-hybridized carbons (Fsp3) is 0.0182. The second kappa shape index (κ2) is 12.3. The van der Waals surface area contributed by atoms with Gasteiger partial charge in [-0.05, 0) is 57.1 Å². The van der Waals surface area contributed by atoms with Crippen molar-refractivity contribution in [3.63, 3.8) is 0 Å². The zero-order valence-corrected chi connectivity index (χ0v) is 31.9. The molecule has 0 amide bonds. The molecule has 0 saturated carbocycles. The van der Waals surface area contributed by atoms with Crippen molar-refractivity contribution in [3.05, 3.63) is 199 Å². The third-order valence-corrected chi connectivity index (χ3v) is 12.4. The lowest BCUT2D eigenvalue weighted by Gasteiger charge is -2.20. The van der Waals surface area contributed by atoms with Crippen LogP contribution < -0.4 is 0 Å². The third-order valence-electron chi connectivity index (χ3n) is 12.4. The molecule has 13 rings (SSSR count). The highest BCUT2D eigenvalue weighted by Gasteiger charge is 2.28. The van der Waals surface area contributed by atoms with Gasteiger partial charge in [0.15, 0.2) is 5.82 Å². The number of hydrogen-bond donors (Lipinski definition) is 0. The van der Waals surface area contributed by atoms with E-state index in [2.05, 4.69) is 174 Å². The lowest BCUT2D eigenvalue weighted by molar-refractivity contribution is 0.669. The zero-order chi connectivity index (χ0) is 38.6. The quantitative estimate of drug-likeness (QED) is 0.181. The molecule has 0 atom stereocenters. The highest BCUT2D eigenvalue weighted by molar-refractivity contribution is 6.25. The van der Waals surface area contributed by atoms with E-state index < -0.39 is 0 Å². The number of fused-ring (bicyclic) bond motifs is 15. The van der Waals surface area contributed by atoms with Gasteiger partial charge in [0.25, 0.3) is 0 Å². The van der Waals surface area contributed by atoms with Crippen LogP contribution in [-0.4, -0.2) is 14.5 Å². The van der Waals surface area contributed by atoms with Crippen LogP contribution in [0.3, 0.4) is 0 Å². The number of benzene rings is 9. The van der Waals surface area contributed by atoms with Crippen molar-refractivity contribution in [2.45, 2.75) is 6.42 Å². The molecule has 4 nitrogen and oxygen atoms in total. The molecule has 59 heavy (non-hydrogen) atoms. The molecule has 4 heteroatoms. The van der Waals surface area contributed by atoms with Crippen molar-refractivity contribution >= 4 is 65.3 Å². The molecular weight excluding hydrogens is 719 g/mol. The van der Waals surface area contributed by atoms with Crippen molar-refractivity contribution in [1.82, 2.24) is 14.5 Å². The maximum Gasteiger partial charge on any atom is 0.161 e. The van der Waals surface area contributed by atoms with Crippen molar-refractivity contribution in [3.8, 4) is 50.7 Å². The summed E-state index contributed by atoms with van der Waals surface area (Å²) in [6.45, 7) is 0. The first-order chi connectivity index (χ1) is 29.3. The van der Waals surface area contributed by atoms with Gasteiger partial charge >= 0.3 is 0 Å². The molecule has 4 heterocycles. The Morgan fingerprint density at radius 2 is 1.12 bits per heavy atom. The maximum absolute atomic E-state index is 6.40. The van der Waals surface area contributed by atoms with Gasteiger partial charge in [-0.25, -0.2) is 9.97 Å². The van der Waals surface area contributed by atoms with Crippen LogP contribution in [0, 0.1) is 0 Å². The number of aromatic nitrogens is 3. The van der Waals surface area contributed by atoms with Crippen molar-refractivity contribution in [1.29, 1.82) is 0 Å². The Kier molecular flexibility index (Phi) is 6.75. The molecule has 274 valence electrons. The molecule has 1 aliphatic rings. The summed E-state index contributed by atoms with van der Waals surface area (Å²) in [6.07, 6.45) is 0.665. The molecule has 0 unspecified atom stereocenters. The summed E-state index contributed by atoms with van der Waals surface area (Å²) in [6, 6.07) is 67.6. The number of furan rings is 1. The van der Waals surface area contributed by atoms with Gasteiger partial charge in [0.2, 0.25) is 0 Å². The average molecular weight is 752 g/mol. The first kappa shape index (κ1) is 32.3. The fourth-order valence-electron chi connectivity index (χ4n) is 9.81. The fourth-order valence-corrected chi connectivity index (χ4v) is 9.81. The van der Waals surface area contributed by atoms with E-state index in [9.17, 15) is 0 Å². The molecule has 0 spiro atoms. The minimum absolute atomic E-state index is 0.665. The van der Waals surface area contributed by atoms with E-state index in [0.29, 0.717) is 12.2 Å². The van der Waals surface area contributed by atoms with E-state index in [1.165, 1.54) is 60.0 Å². The molecule has 3 aromatic heterocycles. The third kappa shape index (κ3) is 4.71. The standard InChI is InChI=1S/C55H33N3O/c1-3-14-34(15-4-1)44-32-47-50(39-21-10-9-20-38(39)44)40-28-26-33-30-45-52(36-17-5-2-6-18-36)56-55(42-23-13-25-49-51(42)41-22-11-12-24-48(41)59-49)57-53(45)43-29-27-35-16-7-8-19-37(35)54(43)58(47)46(40)31-33/h1-29,31-32H,30H2. The summed E-state index contributed by atoms with van der Waals surface area (Å²) in [5.41, 5.74) is 14.8. The summed E-state index contributed by atoms with van der Waals surface area (Å²) < 4.78 is 8.94. The maximum atomic E-state index is 6.40. The predicted octanol–water partition coefficient (Wildman–Crippen LogP) is 14.4. The SMILES string of the molecule is c1ccc(-c2nc(-c3cccc4oc5ccccc5c34)nc3c2Cc2ccc4c5c6ccccc6c(-c6ccccc6)cc5n(c4c2)-c2c-3ccc3ccccc23)cc1. The Labute approximate surface area is 339 Å². The minimum Gasteiger partial charge on any atom is -0.456 e. The van der Waals surface area contributed by atoms with Gasteiger partial charge in [-0.15, -0.1) is 0 Å². The second-order valence-corrected chi connectivity index (χ2v) is 15.6. The van der Waals surface area contributed by atoms with Gasteiger partial charge in [0, 0.05) is 55.6 Å². The number of para-hydroxylation sites is 1. The van der Waals surface area contributed by atoms with Gasteiger partial charge in [0.05, 0.1) is 28.1 Å². The monoisotopic (exact) mass is 751 g/mol. The molecular formula is C55H33N3O. The molecule has 0 N–H and O–H groups in total. The van der Waals surface area contributed by atoms with Crippen LogP contribution in [0.15, 0.2) is 192 Å². The van der Waals surface area contributed by atoms with Gasteiger partial charge in [-0.1, -0.05) is 164 Å². The predicted molar refractivity (Wildman–Crippen MR) is 243 cm³/mol. The summed E-state index contributed by atoms with van der Waals surface area (Å²) in [5, 5.41) is 9.40. The number of nitrogens with zero attached hydrogens (tertiary/aromatic N) is 3. The molecule has 0 aliphatic carbocycles. The lowest BCUT2D eigenvalue weighted by Crippen LogP contribution is -2.06. The minimum atomic E-state index is 0.665. The smallest absolute Gasteiger partial charge is 0.161 e. The van der Waals surface area contributed by atoms with Crippen LogP contribution in [0.5, 0.6) is 0 Å². The van der Waals surface area contributed by atoms with Crippen LogP contribution in [0.1, 0.15) is 11.1 Å². The number of hydrogen-bond acceptors (Lipinski definition) is 3. The van der Waals surface area contributed by atoms with E-state index in [1.54, 1.807) is 0 Å². The highest BCUT2D eigenvalue weighted by Crippen LogP contribution is 2.47. The van der Waals surface area contributed by atoms with Crippen molar-refractivity contribution < 1.29 is 4.42 Å². The van der Waals surface area contributed by atoms with E-state index in [4.69, 9.17) is 14.4 Å². The molecule has 0 saturated heterocycles. The van der Waals surface area contributed by atoms with E-state index in [0.717, 1.165) is 61.3 Å². The molecule has 0 fully saturated rings. The number of rotatable bonds is 3. The molecule has 2 bridgehead atoms. The largest absolute Gasteiger partial charge is 0.456 e. The first-order valence-corrected chi connectivity index (χ1v) is 20.2. The Balaban J connectivity index is 1.21. The zero-order valence-electron chi connectivity index (χ0n) is 31.9. The normalized spacial score (nSPS) is 12.3. The topological polar surface area (TPSA) is 43.9 Å². The summed E-state index contributed by atoms with van der Waals surface area (Å²) in [7, 11) is 0. The van der Waals surface area contributed by atoms with Crippen LogP contribution in [0.2, 0.25) is 0 Å².